The Morgan fingerprint density at radius 3 is 2.60 bits per heavy atom. The van der Waals surface area contributed by atoms with Gasteiger partial charge in [-0.15, -0.1) is 0 Å². The molecule has 0 saturated heterocycles. The van der Waals surface area contributed by atoms with E-state index < -0.39 is 0 Å². The number of halogens is 1. The third-order valence-electron chi connectivity index (χ3n) is 2.66. The molecule has 1 aromatic rings. The highest BCUT2D eigenvalue weighted by atomic mass is 35.5. The Kier molecular flexibility index (Phi) is 7.50. The standard InChI is InChI=1S/C12H22ClN5O2/c1-5-14-11-15-10(13)16-12(17-11)18(6-7-19-3)9(2)8-20-4/h9H,5-8H2,1-4H3,(H,14,15,16,17). The van der Waals surface area contributed by atoms with E-state index in [0.717, 1.165) is 0 Å². The van der Waals surface area contributed by atoms with Crippen molar-refractivity contribution in [3.63, 3.8) is 0 Å². The average molecular weight is 304 g/mol. The molecule has 1 rings (SSSR count). The number of rotatable bonds is 9. The normalized spacial score (nSPS) is 12.2. The van der Waals surface area contributed by atoms with Crippen LogP contribution in [0.25, 0.3) is 0 Å². The summed E-state index contributed by atoms with van der Waals surface area (Å²) in [6, 6.07) is 0.100. The highest BCUT2D eigenvalue weighted by molar-refractivity contribution is 6.28. The number of hydrogen-bond acceptors (Lipinski definition) is 7. The number of aromatic nitrogens is 3. The fourth-order valence-corrected chi connectivity index (χ4v) is 1.90. The minimum Gasteiger partial charge on any atom is -0.383 e. The molecule has 0 aliphatic heterocycles. The lowest BCUT2D eigenvalue weighted by Gasteiger charge is -2.28. The lowest BCUT2D eigenvalue weighted by Crippen LogP contribution is -2.40. The molecule has 1 aromatic heterocycles. The minimum absolute atomic E-state index is 0.100. The lowest BCUT2D eigenvalue weighted by molar-refractivity contribution is 0.170. The highest BCUT2D eigenvalue weighted by Crippen LogP contribution is 2.16. The van der Waals surface area contributed by atoms with E-state index in [1.54, 1.807) is 14.2 Å². The van der Waals surface area contributed by atoms with Crippen LogP contribution in [0.2, 0.25) is 5.28 Å². The van der Waals surface area contributed by atoms with Crippen molar-refractivity contribution in [1.29, 1.82) is 0 Å². The van der Waals surface area contributed by atoms with Gasteiger partial charge in [-0.2, -0.15) is 15.0 Å². The first-order chi connectivity index (χ1) is 9.62. The van der Waals surface area contributed by atoms with Crippen molar-refractivity contribution in [2.75, 3.05) is 50.7 Å². The molecule has 0 fully saturated rings. The van der Waals surface area contributed by atoms with Crippen molar-refractivity contribution in [2.45, 2.75) is 19.9 Å². The van der Waals surface area contributed by atoms with Crippen LogP contribution in [0, 0.1) is 0 Å². The summed E-state index contributed by atoms with van der Waals surface area (Å²) in [7, 11) is 3.32. The number of hydrogen-bond donors (Lipinski definition) is 1. The van der Waals surface area contributed by atoms with Crippen LogP contribution in [0.4, 0.5) is 11.9 Å². The summed E-state index contributed by atoms with van der Waals surface area (Å²) in [4.78, 5) is 14.6. The molecule has 1 unspecified atom stereocenters. The molecule has 0 saturated carbocycles. The first-order valence-electron chi connectivity index (χ1n) is 6.52. The van der Waals surface area contributed by atoms with Crippen molar-refractivity contribution in [2.24, 2.45) is 0 Å². The lowest BCUT2D eigenvalue weighted by atomic mass is 10.3. The largest absolute Gasteiger partial charge is 0.383 e. The van der Waals surface area contributed by atoms with Crippen LogP contribution >= 0.6 is 11.6 Å². The van der Waals surface area contributed by atoms with E-state index in [0.29, 0.717) is 38.2 Å². The SMILES string of the molecule is CCNc1nc(Cl)nc(N(CCOC)C(C)COC)n1. The second-order valence-corrected chi connectivity index (χ2v) is 4.59. The maximum atomic E-state index is 5.95. The zero-order valence-corrected chi connectivity index (χ0v) is 13.1. The second-order valence-electron chi connectivity index (χ2n) is 4.25. The van der Waals surface area contributed by atoms with Gasteiger partial charge in [0, 0.05) is 27.3 Å². The Morgan fingerprint density at radius 1 is 1.25 bits per heavy atom. The molecule has 0 aliphatic rings. The van der Waals surface area contributed by atoms with Gasteiger partial charge in [0.15, 0.2) is 0 Å². The van der Waals surface area contributed by atoms with Crippen LogP contribution in [0.1, 0.15) is 13.8 Å². The van der Waals surface area contributed by atoms with E-state index in [-0.39, 0.29) is 11.3 Å². The van der Waals surface area contributed by atoms with Crippen molar-refractivity contribution < 1.29 is 9.47 Å². The van der Waals surface area contributed by atoms with Gasteiger partial charge >= 0.3 is 0 Å². The van der Waals surface area contributed by atoms with E-state index >= 15 is 0 Å². The Labute approximate surface area is 124 Å². The van der Waals surface area contributed by atoms with Gasteiger partial charge < -0.3 is 19.7 Å². The molecule has 1 heterocycles. The molecule has 20 heavy (non-hydrogen) atoms. The third kappa shape index (κ3) is 5.07. The number of nitrogens with zero attached hydrogens (tertiary/aromatic N) is 4. The predicted octanol–water partition coefficient (Wildman–Crippen LogP) is 1.44. The fraction of sp³-hybridized carbons (Fsp3) is 0.750. The topological polar surface area (TPSA) is 72.4 Å². The number of nitrogens with one attached hydrogen (secondary N) is 1. The van der Waals surface area contributed by atoms with Gasteiger partial charge in [0.1, 0.15) is 0 Å². The predicted molar refractivity (Wildman–Crippen MR) is 79.6 cm³/mol. The van der Waals surface area contributed by atoms with Crippen molar-refractivity contribution >= 4 is 23.5 Å². The summed E-state index contributed by atoms with van der Waals surface area (Å²) in [5, 5.41) is 3.20. The van der Waals surface area contributed by atoms with Gasteiger partial charge in [0.2, 0.25) is 17.2 Å². The monoisotopic (exact) mass is 303 g/mol. The second kappa shape index (κ2) is 8.89. The van der Waals surface area contributed by atoms with Gasteiger partial charge in [0.05, 0.1) is 19.3 Å². The summed E-state index contributed by atoms with van der Waals surface area (Å²) >= 11 is 5.95. The van der Waals surface area contributed by atoms with Crippen LogP contribution in [0.15, 0.2) is 0 Å². The quantitative estimate of drug-likeness (QED) is 0.740. The molecule has 0 amide bonds. The van der Waals surface area contributed by atoms with Crippen molar-refractivity contribution in [1.82, 2.24) is 15.0 Å². The maximum absolute atomic E-state index is 5.95. The van der Waals surface area contributed by atoms with E-state index in [1.807, 2.05) is 18.7 Å². The molecule has 0 aliphatic carbocycles. The maximum Gasteiger partial charge on any atom is 0.231 e. The van der Waals surface area contributed by atoms with Crippen molar-refractivity contribution in [3.05, 3.63) is 5.28 Å². The average Bonchev–Trinajstić information content (AvgIpc) is 2.39. The molecule has 114 valence electrons. The van der Waals surface area contributed by atoms with Crippen LogP contribution in [-0.4, -0.2) is 61.5 Å². The van der Waals surface area contributed by atoms with Crippen LogP contribution < -0.4 is 10.2 Å². The Hall–Kier alpha value is -1.18. The summed E-state index contributed by atoms with van der Waals surface area (Å²) < 4.78 is 10.3. The summed E-state index contributed by atoms with van der Waals surface area (Å²) in [6.45, 7) is 6.48. The van der Waals surface area contributed by atoms with E-state index in [9.17, 15) is 0 Å². The zero-order chi connectivity index (χ0) is 15.0. The molecule has 0 aromatic carbocycles. The number of methoxy groups -OCH3 is 2. The summed E-state index contributed by atoms with van der Waals surface area (Å²) in [5.74, 6) is 0.983. The molecular weight excluding hydrogens is 282 g/mol. The first kappa shape index (κ1) is 16.9. The van der Waals surface area contributed by atoms with Gasteiger partial charge in [-0.25, -0.2) is 0 Å². The first-order valence-corrected chi connectivity index (χ1v) is 6.90. The highest BCUT2D eigenvalue weighted by Gasteiger charge is 2.18. The molecule has 1 atom stereocenters. The summed E-state index contributed by atoms with van der Waals surface area (Å²) in [5.41, 5.74) is 0. The molecule has 1 N–H and O–H groups in total. The smallest absolute Gasteiger partial charge is 0.231 e. The Morgan fingerprint density at radius 2 is 2.00 bits per heavy atom. The molecule has 0 radical (unpaired) electrons. The van der Waals surface area contributed by atoms with E-state index in [2.05, 4.69) is 20.3 Å². The Bertz CT molecular complexity index is 407. The zero-order valence-electron chi connectivity index (χ0n) is 12.4. The van der Waals surface area contributed by atoms with Crippen molar-refractivity contribution in [3.8, 4) is 0 Å². The van der Waals surface area contributed by atoms with Gasteiger partial charge in [-0.05, 0) is 25.4 Å². The van der Waals surface area contributed by atoms with Crippen LogP contribution in [-0.2, 0) is 9.47 Å². The minimum atomic E-state index is 0.100. The third-order valence-corrected chi connectivity index (χ3v) is 2.83. The fourth-order valence-electron chi connectivity index (χ4n) is 1.74. The van der Waals surface area contributed by atoms with Gasteiger partial charge in [-0.1, -0.05) is 0 Å². The van der Waals surface area contributed by atoms with E-state index in [1.165, 1.54) is 0 Å². The van der Waals surface area contributed by atoms with E-state index in [4.69, 9.17) is 21.1 Å². The summed E-state index contributed by atoms with van der Waals surface area (Å²) in [6.07, 6.45) is 0. The Balaban J connectivity index is 2.98. The van der Waals surface area contributed by atoms with Crippen LogP contribution in [0.3, 0.4) is 0 Å². The molecule has 8 heteroatoms. The van der Waals surface area contributed by atoms with Gasteiger partial charge in [0.25, 0.3) is 0 Å². The molecule has 0 spiro atoms. The number of ether oxygens (including phenoxy) is 2. The van der Waals surface area contributed by atoms with Crippen LogP contribution in [0.5, 0.6) is 0 Å². The number of anilines is 2. The molecular formula is C12H22ClN5O2. The molecule has 7 nitrogen and oxygen atoms in total. The molecule has 0 bridgehead atoms. The van der Waals surface area contributed by atoms with Gasteiger partial charge in [-0.3, -0.25) is 0 Å².